The van der Waals surface area contributed by atoms with Gasteiger partial charge in [-0.1, -0.05) is 0 Å². The number of hydrogen-bond acceptors (Lipinski definition) is 4. The van der Waals surface area contributed by atoms with E-state index >= 15 is 0 Å². The molecule has 1 amide bonds. The molecular weight excluding hydrogens is 240 g/mol. The highest BCUT2D eigenvalue weighted by Gasteiger charge is 2.25. The van der Waals surface area contributed by atoms with Gasteiger partial charge in [-0.25, -0.2) is 9.97 Å². The van der Waals surface area contributed by atoms with Crippen LogP contribution in [0.15, 0.2) is 24.4 Å². The van der Waals surface area contributed by atoms with E-state index in [1.807, 2.05) is 44.0 Å². The molecule has 0 radical (unpaired) electrons. The average molecular weight is 254 g/mol. The topological polar surface area (TPSA) is 58.1 Å². The van der Waals surface area contributed by atoms with Gasteiger partial charge in [-0.05, 0) is 37.6 Å². The number of hydrogen-bond donors (Lipinski definition) is 1. The van der Waals surface area contributed by atoms with Gasteiger partial charge in [0.25, 0.3) is 5.91 Å². The number of fused-ring (bicyclic) bond motifs is 2. The molecule has 0 spiro atoms. The Morgan fingerprint density at radius 3 is 2.79 bits per heavy atom. The van der Waals surface area contributed by atoms with Gasteiger partial charge in [-0.15, -0.1) is 0 Å². The number of carbonyl (C=O) groups is 1. The predicted octanol–water partition coefficient (Wildman–Crippen LogP) is 2.43. The van der Waals surface area contributed by atoms with Crippen molar-refractivity contribution < 1.29 is 4.79 Å². The highest BCUT2D eigenvalue weighted by atomic mass is 16.1. The van der Waals surface area contributed by atoms with Gasteiger partial charge in [0.15, 0.2) is 5.82 Å². The first-order valence-corrected chi connectivity index (χ1v) is 6.05. The lowest BCUT2D eigenvalue weighted by atomic mass is 10.2. The Kier molecular flexibility index (Phi) is 2.48. The van der Waals surface area contributed by atoms with Crippen LogP contribution in [0, 0.1) is 13.8 Å². The molecule has 2 aromatic rings. The maximum atomic E-state index is 12.2. The second kappa shape index (κ2) is 4.05. The van der Waals surface area contributed by atoms with Crippen LogP contribution in [0.1, 0.15) is 21.6 Å². The number of carbonyl (C=O) groups excluding carboxylic acids is 1. The molecule has 5 nitrogen and oxygen atoms in total. The minimum Gasteiger partial charge on any atom is -0.319 e. The minimum atomic E-state index is -0.151. The molecule has 2 aromatic heterocycles. The van der Waals surface area contributed by atoms with Crippen LogP contribution in [0.2, 0.25) is 0 Å². The van der Waals surface area contributed by atoms with Crippen LogP contribution in [0.4, 0.5) is 17.3 Å². The maximum absolute atomic E-state index is 12.2. The normalized spacial score (nSPS) is 13.4. The van der Waals surface area contributed by atoms with Gasteiger partial charge in [0, 0.05) is 18.9 Å². The minimum absolute atomic E-state index is 0.151. The van der Waals surface area contributed by atoms with Crippen LogP contribution in [0.5, 0.6) is 0 Å². The molecule has 0 saturated heterocycles. The van der Waals surface area contributed by atoms with E-state index in [1.165, 1.54) is 0 Å². The van der Waals surface area contributed by atoms with E-state index in [4.69, 9.17) is 0 Å². The first-order valence-electron chi connectivity index (χ1n) is 6.05. The van der Waals surface area contributed by atoms with Crippen LogP contribution in [0.3, 0.4) is 0 Å². The lowest BCUT2D eigenvalue weighted by molar-refractivity contribution is 0.102. The fourth-order valence-electron chi connectivity index (χ4n) is 2.18. The zero-order valence-electron chi connectivity index (χ0n) is 11.1. The Hall–Kier alpha value is -2.43. The Morgan fingerprint density at radius 1 is 1.21 bits per heavy atom. The standard InChI is InChI=1S/C14H14N4O/c1-8-6-10-12(15-7-8)18(3)13-11(17-14(10)19)5-4-9(2)16-13/h4-7H,1-3H3,(H,17,19). The van der Waals surface area contributed by atoms with Crippen LogP contribution >= 0.6 is 0 Å². The third-order valence-electron chi connectivity index (χ3n) is 3.15. The maximum Gasteiger partial charge on any atom is 0.259 e. The molecule has 1 aliphatic rings. The van der Waals surface area contributed by atoms with E-state index in [1.54, 1.807) is 6.20 Å². The number of nitrogens with one attached hydrogen (secondary N) is 1. The number of aryl methyl sites for hydroxylation is 2. The summed E-state index contributed by atoms with van der Waals surface area (Å²) in [5.41, 5.74) is 3.12. The monoisotopic (exact) mass is 254 g/mol. The quantitative estimate of drug-likeness (QED) is 0.784. The van der Waals surface area contributed by atoms with E-state index in [9.17, 15) is 4.79 Å². The van der Waals surface area contributed by atoms with E-state index < -0.39 is 0 Å². The molecule has 3 heterocycles. The van der Waals surface area contributed by atoms with Crippen molar-refractivity contribution >= 4 is 23.2 Å². The van der Waals surface area contributed by atoms with Crippen molar-refractivity contribution in [2.24, 2.45) is 0 Å². The van der Waals surface area contributed by atoms with Crippen molar-refractivity contribution in [3.05, 3.63) is 41.2 Å². The second-order valence-corrected chi connectivity index (χ2v) is 4.72. The summed E-state index contributed by atoms with van der Waals surface area (Å²) in [6.45, 7) is 3.84. The third-order valence-corrected chi connectivity index (χ3v) is 3.15. The Labute approximate surface area is 111 Å². The van der Waals surface area contributed by atoms with Crippen molar-refractivity contribution in [2.45, 2.75) is 13.8 Å². The Balaban J connectivity index is 2.25. The predicted molar refractivity (Wildman–Crippen MR) is 74.0 cm³/mol. The van der Waals surface area contributed by atoms with Gasteiger partial charge in [0.1, 0.15) is 5.82 Å². The summed E-state index contributed by atoms with van der Waals surface area (Å²) in [4.78, 5) is 22.9. The lowest BCUT2D eigenvalue weighted by Crippen LogP contribution is -2.15. The van der Waals surface area contributed by atoms with E-state index in [0.717, 1.165) is 11.3 Å². The number of amides is 1. The molecule has 0 atom stereocenters. The fourth-order valence-corrected chi connectivity index (χ4v) is 2.18. The van der Waals surface area contributed by atoms with Crippen LogP contribution in [-0.2, 0) is 0 Å². The van der Waals surface area contributed by atoms with E-state index in [-0.39, 0.29) is 5.91 Å². The lowest BCUT2D eigenvalue weighted by Gasteiger charge is -2.18. The highest BCUT2D eigenvalue weighted by molar-refractivity contribution is 6.11. The summed E-state index contributed by atoms with van der Waals surface area (Å²) in [6.07, 6.45) is 1.75. The third kappa shape index (κ3) is 1.83. The summed E-state index contributed by atoms with van der Waals surface area (Å²) < 4.78 is 0. The summed E-state index contributed by atoms with van der Waals surface area (Å²) in [5, 5.41) is 2.88. The van der Waals surface area contributed by atoms with E-state index in [0.29, 0.717) is 22.9 Å². The van der Waals surface area contributed by atoms with Crippen molar-refractivity contribution in [1.29, 1.82) is 0 Å². The molecule has 0 fully saturated rings. The summed E-state index contributed by atoms with van der Waals surface area (Å²) in [7, 11) is 1.87. The highest BCUT2D eigenvalue weighted by Crippen LogP contribution is 2.34. The summed E-state index contributed by atoms with van der Waals surface area (Å²) in [5.74, 6) is 1.19. The summed E-state index contributed by atoms with van der Waals surface area (Å²) >= 11 is 0. The summed E-state index contributed by atoms with van der Waals surface area (Å²) in [6, 6.07) is 5.58. The zero-order valence-corrected chi connectivity index (χ0v) is 11.1. The number of rotatable bonds is 0. The first kappa shape index (κ1) is 11.6. The molecular formula is C14H14N4O. The second-order valence-electron chi connectivity index (χ2n) is 4.72. The molecule has 1 N–H and O–H groups in total. The largest absolute Gasteiger partial charge is 0.319 e. The zero-order chi connectivity index (χ0) is 13.6. The van der Waals surface area contributed by atoms with Gasteiger partial charge < -0.3 is 10.2 Å². The molecule has 19 heavy (non-hydrogen) atoms. The molecule has 3 rings (SSSR count). The van der Waals surface area contributed by atoms with Crippen molar-refractivity contribution in [3.63, 3.8) is 0 Å². The molecule has 0 unspecified atom stereocenters. The van der Waals surface area contributed by atoms with Crippen molar-refractivity contribution in [2.75, 3.05) is 17.3 Å². The van der Waals surface area contributed by atoms with Gasteiger partial charge >= 0.3 is 0 Å². The molecule has 0 aromatic carbocycles. The SMILES string of the molecule is Cc1cnc2c(c1)C(=O)Nc1ccc(C)nc1N2C. The van der Waals surface area contributed by atoms with Crippen LogP contribution < -0.4 is 10.2 Å². The molecule has 1 aliphatic heterocycles. The number of aromatic nitrogens is 2. The van der Waals surface area contributed by atoms with Gasteiger partial charge in [-0.3, -0.25) is 4.79 Å². The van der Waals surface area contributed by atoms with Gasteiger partial charge in [-0.2, -0.15) is 0 Å². The number of nitrogens with zero attached hydrogens (tertiary/aromatic N) is 3. The van der Waals surface area contributed by atoms with E-state index in [2.05, 4.69) is 15.3 Å². The number of pyridine rings is 2. The van der Waals surface area contributed by atoms with Crippen LogP contribution in [0.25, 0.3) is 0 Å². The van der Waals surface area contributed by atoms with Gasteiger partial charge in [0.2, 0.25) is 0 Å². The Bertz CT molecular complexity index is 681. The molecule has 5 heteroatoms. The molecule has 0 aliphatic carbocycles. The van der Waals surface area contributed by atoms with Crippen molar-refractivity contribution in [3.8, 4) is 0 Å². The van der Waals surface area contributed by atoms with Crippen molar-refractivity contribution in [1.82, 2.24) is 9.97 Å². The smallest absolute Gasteiger partial charge is 0.259 e. The fraction of sp³-hybridized carbons (Fsp3) is 0.214. The molecule has 0 saturated carbocycles. The van der Waals surface area contributed by atoms with Gasteiger partial charge in [0.05, 0.1) is 11.3 Å². The first-order chi connectivity index (χ1) is 9.06. The molecule has 96 valence electrons. The number of anilines is 3. The molecule has 0 bridgehead atoms. The average Bonchev–Trinajstić information content (AvgIpc) is 2.48. The van der Waals surface area contributed by atoms with Crippen LogP contribution in [-0.4, -0.2) is 22.9 Å². The Morgan fingerprint density at radius 2 is 2.00 bits per heavy atom.